The third-order valence-corrected chi connectivity index (χ3v) is 7.20. The molecule has 1 fully saturated rings. The SMILES string of the molecule is CCN(CC)c1ccc(C2/C(=C(/O)c3cccc(OC(C)C)c3)C(=O)C(=O)N2Cc2cc(C)ccc2C)cc1. The first-order chi connectivity index (χ1) is 18.6. The standard InChI is InChI=1S/C33H38N2O4/c1-7-34(8-2)27-16-14-24(15-17-27)30-29(31(36)25-10-9-11-28(19-25)39-21(3)4)32(37)33(38)35(30)20-26-18-22(5)12-13-23(26)6/h9-19,21,30,36H,7-8,20H2,1-6H3/b31-29-. The Balaban J connectivity index is 1.85. The summed E-state index contributed by atoms with van der Waals surface area (Å²) in [6.07, 6.45) is -0.0464. The summed E-state index contributed by atoms with van der Waals surface area (Å²) in [5.41, 5.74) is 5.44. The Hall–Kier alpha value is -4.06. The van der Waals surface area contributed by atoms with Gasteiger partial charge in [0.25, 0.3) is 11.7 Å². The van der Waals surface area contributed by atoms with Gasteiger partial charge in [-0.05, 0) is 82.5 Å². The molecule has 4 rings (SSSR count). The van der Waals surface area contributed by atoms with Gasteiger partial charge in [-0.15, -0.1) is 0 Å². The lowest BCUT2D eigenvalue weighted by atomic mass is 9.94. The first-order valence-corrected chi connectivity index (χ1v) is 13.6. The number of Topliss-reactive ketones (excluding diaryl/α,β-unsaturated/α-hetero) is 1. The number of ether oxygens (including phenoxy) is 1. The van der Waals surface area contributed by atoms with E-state index in [-0.39, 0.29) is 24.0 Å². The molecule has 1 amide bonds. The Morgan fingerprint density at radius 2 is 1.67 bits per heavy atom. The van der Waals surface area contributed by atoms with Crippen LogP contribution in [0.25, 0.3) is 5.76 Å². The molecule has 0 aliphatic carbocycles. The van der Waals surface area contributed by atoms with Crippen molar-refractivity contribution in [3.05, 3.63) is 100 Å². The molecule has 1 aliphatic heterocycles. The molecule has 3 aromatic carbocycles. The maximum atomic E-state index is 13.5. The number of nitrogens with zero attached hydrogens (tertiary/aromatic N) is 2. The van der Waals surface area contributed by atoms with Crippen LogP contribution in [0.1, 0.15) is 61.6 Å². The van der Waals surface area contributed by atoms with Crippen molar-refractivity contribution in [1.29, 1.82) is 0 Å². The zero-order valence-electron chi connectivity index (χ0n) is 23.7. The van der Waals surface area contributed by atoms with Gasteiger partial charge in [-0.1, -0.05) is 48.0 Å². The lowest BCUT2D eigenvalue weighted by Crippen LogP contribution is -2.29. The van der Waals surface area contributed by atoms with Gasteiger partial charge in [0.1, 0.15) is 11.5 Å². The number of aliphatic hydroxyl groups is 1. The topological polar surface area (TPSA) is 70.1 Å². The zero-order valence-corrected chi connectivity index (χ0v) is 23.7. The molecule has 1 N–H and O–H groups in total. The van der Waals surface area contributed by atoms with E-state index in [1.807, 2.05) is 70.2 Å². The second-order valence-corrected chi connectivity index (χ2v) is 10.3. The van der Waals surface area contributed by atoms with Crippen molar-refractivity contribution in [2.24, 2.45) is 0 Å². The fourth-order valence-electron chi connectivity index (χ4n) is 5.14. The molecule has 0 aromatic heterocycles. The summed E-state index contributed by atoms with van der Waals surface area (Å²) in [6.45, 7) is 14.1. The Bertz CT molecular complexity index is 1390. The summed E-state index contributed by atoms with van der Waals surface area (Å²) < 4.78 is 5.81. The van der Waals surface area contributed by atoms with Gasteiger partial charge in [-0.25, -0.2) is 0 Å². The average molecular weight is 527 g/mol. The van der Waals surface area contributed by atoms with Gasteiger partial charge in [-0.2, -0.15) is 0 Å². The van der Waals surface area contributed by atoms with E-state index in [9.17, 15) is 14.7 Å². The largest absolute Gasteiger partial charge is 0.507 e. The molecule has 3 aromatic rings. The van der Waals surface area contributed by atoms with Gasteiger partial charge in [0.15, 0.2) is 0 Å². The maximum Gasteiger partial charge on any atom is 0.295 e. The van der Waals surface area contributed by atoms with Crippen LogP contribution in [0, 0.1) is 13.8 Å². The van der Waals surface area contributed by atoms with E-state index in [2.05, 4.69) is 18.7 Å². The van der Waals surface area contributed by atoms with Crippen molar-refractivity contribution in [1.82, 2.24) is 4.90 Å². The highest BCUT2D eigenvalue weighted by molar-refractivity contribution is 6.46. The summed E-state index contributed by atoms with van der Waals surface area (Å²) in [7, 11) is 0. The summed E-state index contributed by atoms with van der Waals surface area (Å²) in [5.74, 6) is -0.932. The van der Waals surface area contributed by atoms with Gasteiger partial charge in [-0.3, -0.25) is 9.59 Å². The number of amides is 1. The van der Waals surface area contributed by atoms with Gasteiger partial charge >= 0.3 is 0 Å². The molecule has 6 nitrogen and oxygen atoms in total. The van der Waals surface area contributed by atoms with Crippen LogP contribution in [-0.4, -0.2) is 40.9 Å². The zero-order chi connectivity index (χ0) is 28.3. The minimum Gasteiger partial charge on any atom is -0.507 e. The van der Waals surface area contributed by atoms with Crippen LogP contribution in [0.2, 0.25) is 0 Å². The van der Waals surface area contributed by atoms with Gasteiger partial charge in [0.2, 0.25) is 0 Å². The lowest BCUT2D eigenvalue weighted by Gasteiger charge is -2.27. The second-order valence-electron chi connectivity index (χ2n) is 10.3. The Morgan fingerprint density at radius 3 is 2.31 bits per heavy atom. The molecule has 1 unspecified atom stereocenters. The molecular formula is C33H38N2O4. The summed E-state index contributed by atoms with van der Waals surface area (Å²) in [4.78, 5) is 30.9. The Morgan fingerprint density at radius 1 is 0.974 bits per heavy atom. The monoisotopic (exact) mass is 526 g/mol. The molecular weight excluding hydrogens is 488 g/mol. The fraction of sp³-hybridized carbons (Fsp3) is 0.333. The predicted octanol–water partition coefficient (Wildman–Crippen LogP) is 6.56. The molecule has 0 spiro atoms. The van der Waals surface area contributed by atoms with E-state index in [4.69, 9.17) is 4.74 Å². The number of anilines is 1. The summed E-state index contributed by atoms with van der Waals surface area (Å²) in [6, 6.07) is 20.3. The van der Waals surface area contributed by atoms with Crippen LogP contribution >= 0.6 is 0 Å². The van der Waals surface area contributed by atoms with Crippen molar-refractivity contribution < 1.29 is 19.4 Å². The number of rotatable bonds is 9. The number of benzene rings is 3. The van der Waals surface area contributed by atoms with Crippen LogP contribution < -0.4 is 9.64 Å². The highest BCUT2D eigenvalue weighted by Crippen LogP contribution is 2.41. The number of aryl methyl sites for hydroxylation is 2. The molecule has 204 valence electrons. The van der Waals surface area contributed by atoms with Crippen molar-refractivity contribution in [3.8, 4) is 5.75 Å². The molecule has 39 heavy (non-hydrogen) atoms. The number of carbonyl (C=O) groups excluding carboxylic acids is 2. The normalized spacial score (nSPS) is 16.7. The third-order valence-electron chi connectivity index (χ3n) is 7.20. The molecule has 1 aliphatic rings. The number of hydrogen-bond donors (Lipinski definition) is 1. The van der Waals surface area contributed by atoms with Crippen LogP contribution in [0.5, 0.6) is 5.75 Å². The van der Waals surface area contributed by atoms with Crippen LogP contribution in [0.15, 0.2) is 72.3 Å². The van der Waals surface area contributed by atoms with Crippen molar-refractivity contribution >= 4 is 23.1 Å². The summed E-state index contributed by atoms with van der Waals surface area (Å²) >= 11 is 0. The minimum absolute atomic E-state index is 0.0464. The molecule has 1 atom stereocenters. The Labute approximate surface area is 231 Å². The number of hydrogen-bond acceptors (Lipinski definition) is 5. The Kier molecular flexibility index (Phi) is 8.44. The van der Waals surface area contributed by atoms with E-state index in [1.54, 1.807) is 29.2 Å². The van der Waals surface area contributed by atoms with Crippen molar-refractivity contribution in [2.75, 3.05) is 18.0 Å². The number of carbonyl (C=O) groups is 2. The first kappa shape index (κ1) is 28.0. The number of likely N-dealkylation sites (tertiary alicyclic amines) is 1. The first-order valence-electron chi connectivity index (χ1n) is 13.6. The second kappa shape index (κ2) is 11.8. The highest BCUT2D eigenvalue weighted by atomic mass is 16.5. The van der Waals surface area contributed by atoms with E-state index < -0.39 is 17.7 Å². The van der Waals surface area contributed by atoms with Gasteiger partial charge < -0.3 is 19.6 Å². The summed E-state index contributed by atoms with van der Waals surface area (Å²) in [5, 5.41) is 11.5. The third kappa shape index (κ3) is 5.85. The molecule has 1 heterocycles. The van der Waals surface area contributed by atoms with Crippen molar-refractivity contribution in [2.45, 2.75) is 60.2 Å². The fourth-order valence-corrected chi connectivity index (χ4v) is 5.14. The lowest BCUT2D eigenvalue weighted by molar-refractivity contribution is -0.140. The molecule has 0 bridgehead atoms. The highest BCUT2D eigenvalue weighted by Gasteiger charge is 2.46. The molecule has 6 heteroatoms. The van der Waals surface area contributed by atoms with Crippen LogP contribution in [0.3, 0.4) is 0 Å². The van der Waals surface area contributed by atoms with E-state index in [1.165, 1.54) is 0 Å². The van der Waals surface area contributed by atoms with E-state index in [0.717, 1.165) is 41.0 Å². The van der Waals surface area contributed by atoms with Crippen LogP contribution in [0.4, 0.5) is 5.69 Å². The maximum absolute atomic E-state index is 13.5. The predicted molar refractivity (Wildman–Crippen MR) is 156 cm³/mol. The van der Waals surface area contributed by atoms with Crippen molar-refractivity contribution in [3.63, 3.8) is 0 Å². The number of aliphatic hydroxyl groups excluding tert-OH is 1. The minimum atomic E-state index is -0.731. The smallest absolute Gasteiger partial charge is 0.295 e. The van der Waals surface area contributed by atoms with E-state index >= 15 is 0 Å². The van der Waals surface area contributed by atoms with Crippen LogP contribution in [-0.2, 0) is 16.1 Å². The molecule has 0 saturated carbocycles. The van der Waals surface area contributed by atoms with Gasteiger partial charge in [0, 0.05) is 30.9 Å². The van der Waals surface area contributed by atoms with E-state index in [0.29, 0.717) is 11.3 Å². The average Bonchev–Trinajstić information content (AvgIpc) is 3.16. The molecule has 0 radical (unpaired) electrons. The van der Waals surface area contributed by atoms with Gasteiger partial charge in [0.05, 0.1) is 17.7 Å². The number of ketones is 1. The molecule has 1 saturated heterocycles. The quantitative estimate of drug-likeness (QED) is 0.194.